The summed E-state index contributed by atoms with van der Waals surface area (Å²) in [5.41, 5.74) is 3.01. The van der Waals surface area contributed by atoms with Crippen molar-refractivity contribution >= 4 is 22.8 Å². The number of hydrogen-bond acceptors (Lipinski definition) is 6. The van der Waals surface area contributed by atoms with Crippen LogP contribution in [-0.2, 0) is 11.2 Å². The van der Waals surface area contributed by atoms with Gasteiger partial charge in [-0.1, -0.05) is 0 Å². The highest BCUT2D eigenvalue weighted by atomic mass is 16.2. The van der Waals surface area contributed by atoms with E-state index in [0.29, 0.717) is 6.54 Å². The number of fused-ring (bicyclic) bond motifs is 1. The summed E-state index contributed by atoms with van der Waals surface area (Å²) in [6, 6.07) is 7.87. The maximum Gasteiger partial charge on any atom is 0.219 e. The molecule has 0 aliphatic carbocycles. The van der Waals surface area contributed by atoms with E-state index in [1.165, 1.54) is 5.56 Å². The van der Waals surface area contributed by atoms with E-state index in [2.05, 4.69) is 24.8 Å². The molecule has 0 radical (unpaired) electrons. The number of pyridine rings is 2. The van der Waals surface area contributed by atoms with Crippen molar-refractivity contribution in [2.45, 2.75) is 20.3 Å². The molecule has 4 heterocycles. The predicted octanol–water partition coefficient (Wildman–Crippen LogP) is 2.26. The number of anilines is 1. The van der Waals surface area contributed by atoms with Crippen molar-refractivity contribution in [2.75, 3.05) is 31.1 Å². The molecule has 0 saturated carbocycles. The highest BCUT2D eigenvalue weighted by molar-refractivity contribution is 5.77. The van der Waals surface area contributed by atoms with Gasteiger partial charge in [0.1, 0.15) is 11.6 Å². The quantitative estimate of drug-likeness (QED) is 0.698. The molecule has 144 valence electrons. The average molecular weight is 376 g/mol. The van der Waals surface area contributed by atoms with Crippen LogP contribution in [0, 0.1) is 12.8 Å². The van der Waals surface area contributed by atoms with Gasteiger partial charge in [-0.15, -0.1) is 0 Å². The van der Waals surface area contributed by atoms with Crippen LogP contribution in [-0.4, -0.2) is 56.9 Å². The van der Waals surface area contributed by atoms with E-state index in [1.807, 2.05) is 42.3 Å². The van der Waals surface area contributed by atoms with Gasteiger partial charge in [-0.2, -0.15) is 0 Å². The van der Waals surface area contributed by atoms with Crippen molar-refractivity contribution in [3.05, 3.63) is 54.2 Å². The standard InChI is InChI=1S/C21H24N6O/c1-15-22-9-6-20(25-15)27-11-10-26(16(2)28)13-17(14-27)12-18-5-8-23-19-4-3-7-24-21(18)19/h3-9,17H,10-14H2,1-2H3. The first-order valence-electron chi connectivity index (χ1n) is 9.59. The second-order valence-electron chi connectivity index (χ2n) is 7.28. The molecule has 0 aromatic carbocycles. The molecule has 1 atom stereocenters. The molecule has 1 amide bonds. The first-order valence-corrected chi connectivity index (χ1v) is 9.59. The van der Waals surface area contributed by atoms with Gasteiger partial charge < -0.3 is 9.80 Å². The van der Waals surface area contributed by atoms with E-state index in [4.69, 9.17) is 0 Å². The molecule has 28 heavy (non-hydrogen) atoms. The summed E-state index contributed by atoms with van der Waals surface area (Å²) in [4.78, 5) is 34.1. The fourth-order valence-corrected chi connectivity index (χ4v) is 3.86. The van der Waals surface area contributed by atoms with E-state index in [0.717, 1.165) is 48.7 Å². The second kappa shape index (κ2) is 7.88. The van der Waals surface area contributed by atoms with Gasteiger partial charge in [0.15, 0.2) is 0 Å². The third-order valence-electron chi connectivity index (χ3n) is 5.22. The van der Waals surface area contributed by atoms with Crippen molar-refractivity contribution in [1.29, 1.82) is 0 Å². The number of carbonyl (C=O) groups is 1. The van der Waals surface area contributed by atoms with Crippen LogP contribution in [0.15, 0.2) is 42.9 Å². The molecule has 1 aliphatic rings. The van der Waals surface area contributed by atoms with Crippen LogP contribution in [0.3, 0.4) is 0 Å². The molecule has 0 bridgehead atoms. The summed E-state index contributed by atoms with van der Waals surface area (Å²) in [7, 11) is 0. The third kappa shape index (κ3) is 3.93. The monoisotopic (exact) mass is 376 g/mol. The van der Waals surface area contributed by atoms with Crippen LogP contribution in [0.25, 0.3) is 11.0 Å². The van der Waals surface area contributed by atoms with Gasteiger partial charge in [-0.25, -0.2) is 9.97 Å². The Hall–Kier alpha value is -3.09. The molecule has 3 aromatic heterocycles. The highest BCUT2D eigenvalue weighted by Gasteiger charge is 2.26. The van der Waals surface area contributed by atoms with Crippen LogP contribution < -0.4 is 4.90 Å². The molecule has 0 spiro atoms. The third-order valence-corrected chi connectivity index (χ3v) is 5.22. The first-order chi connectivity index (χ1) is 13.6. The molecular formula is C21H24N6O. The lowest BCUT2D eigenvalue weighted by molar-refractivity contribution is -0.129. The summed E-state index contributed by atoms with van der Waals surface area (Å²) in [5.74, 6) is 2.06. The number of hydrogen-bond donors (Lipinski definition) is 0. The van der Waals surface area contributed by atoms with Gasteiger partial charge in [0.25, 0.3) is 0 Å². The molecule has 1 unspecified atom stereocenters. The lowest BCUT2D eigenvalue weighted by atomic mass is 9.97. The Morgan fingerprint density at radius 1 is 1.07 bits per heavy atom. The van der Waals surface area contributed by atoms with Crippen molar-refractivity contribution in [3.8, 4) is 0 Å². The largest absolute Gasteiger partial charge is 0.354 e. The van der Waals surface area contributed by atoms with E-state index in [-0.39, 0.29) is 11.8 Å². The fraction of sp³-hybridized carbons (Fsp3) is 0.381. The zero-order valence-corrected chi connectivity index (χ0v) is 16.2. The van der Waals surface area contributed by atoms with Crippen LogP contribution in [0.5, 0.6) is 0 Å². The minimum absolute atomic E-state index is 0.114. The van der Waals surface area contributed by atoms with Crippen molar-refractivity contribution in [1.82, 2.24) is 24.8 Å². The maximum absolute atomic E-state index is 12.1. The van der Waals surface area contributed by atoms with E-state index >= 15 is 0 Å². The summed E-state index contributed by atoms with van der Waals surface area (Å²) >= 11 is 0. The fourth-order valence-electron chi connectivity index (χ4n) is 3.86. The average Bonchev–Trinajstić information content (AvgIpc) is 2.91. The van der Waals surface area contributed by atoms with E-state index < -0.39 is 0 Å². The normalized spacial score (nSPS) is 17.6. The SMILES string of the molecule is CC(=O)N1CCN(c2ccnc(C)n2)CC(Cc2ccnc3cccnc23)C1. The summed E-state index contributed by atoms with van der Waals surface area (Å²) in [6.45, 7) is 6.57. The molecule has 0 N–H and O–H groups in total. The first kappa shape index (κ1) is 18.3. The minimum Gasteiger partial charge on any atom is -0.354 e. The Labute approximate surface area is 164 Å². The Kier molecular flexibility index (Phi) is 5.14. The van der Waals surface area contributed by atoms with Crippen molar-refractivity contribution in [2.24, 2.45) is 5.92 Å². The van der Waals surface area contributed by atoms with E-state index in [1.54, 1.807) is 19.3 Å². The van der Waals surface area contributed by atoms with Gasteiger partial charge >= 0.3 is 0 Å². The number of carbonyl (C=O) groups excluding carboxylic acids is 1. The Balaban J connectivity index is 1.63. The number of rotatable bonds is 3. The zero-order chi connectivity index (χ0) is 19.5. The minimum atomic E-state index is 0.114. The molecule has 1 aliphatic heterocycles. The predicted molar refractivity (Wildman–Crippen MR) is 108 cm³/mol. The maximum atomic E-state index is 12.1. The second-order valence-corrected chi connectivity index (χ2v) is 7.28. The Bertz CT molecular complexity index is 986. The molecular weight excluding hydrogens is 352 g/mol. The lowest BCUT2D eigenvalue weighted by Gasteiger charge is -2.25. The molecule has 3 aromatic rings. The van der Waals surface area contributed by atoms with Crippen LogP contribution in [0.2, 0.25) is 0 Å². The van der Waals surface area contributed by atoms with Crippen LogP contribution >= 0.6 is 0 Å². The highest BCUT2D eigenvalue weighted by Crippen LogP contribution is 2.22. The zero-order valence-electron chi connectivity index (χ0n) is 16.2. The molecule has 1 saturated heterocycles. The number of aromatic nitrogens is 4. The Morgan fingerprint density at radius 2 is 1.93 bits per heavy atom. The smallest absolute Gasteiger partial charge is 0.219 e. The van der Waals surface area contributed by atoms with Crippen molar-refractivity contribution in [3.63, 3.8) is 0 Å². The van der Waals surface area contributed by atoms with Crippen molar-refractivity contribution < 1.29 is 4.79 Å². The van der Waals surface area contributed by atoms with Gasteiger partial charge in [0.2, 0.25) is 5.91 Å². The summed E-state index contributed by atoms with van der Waals surface area (Å²) in [5, 5.41) is 0. The van der Waals surface area contributed by atoms with Gasteiger partial charge in [0.05, 0.1) is 11.0 Å². The van der Waals surface area contributed by atoms with Gasteiger partial charge in [-0.05, 0) is 49.1 Å². The van der Waals surface area contributed by atoms with Crippen LogP contribution in [0.4, 0.5) is 5.82 Å². The lowest BCUT2D eigenvalue weighted by Crippen LogP contribution is -2.34. The molecule has 7 nitrogen and oxygen atoms in total. The molecule has 4 rings (SSSR count). The number of nitrogens with zero attached hydrogens (tertiary/aromatic N) is 6. The number of aryl methyl sites for hydroxylation is 1. The summed E-state index contributed by atoms with van der Waals surface area (Å²) in [6.07, 6.45) is 6.27. The van der Waals surface area contributed by atoms with Gasteiger partial charge in [-0.3, -0.25) is 14.8 Å². The summed E-state index contributed by atoms with van der Waals surface area (Å²) < 4.78 is 0. The number of amides is 1. The Morgan fingerprint density at radius 3 is 2.75 bits per heavy atom. The van der Waals surface area contributed by atoms with Crippen LogP contribution in [0.1, 0.15) is 18.3 Å². The molecule has 7 heteroatoms. The molecule has 1 fully saturated rings. The van der Waals surface area contributed by atoms with Gasteiger partial charge in [0, 0.05) is 51.7 Å². The topological polar surface area (TPSA) is 75.1 Å². The van der Waals surface area contributed by atoms with E-state index in [9.17, 15) is 4.79 Å².